The first kappa shape index (κ1) is 11.5. The first-order valence-corrected chi connectivity index (χ1v) is 6.14. The summed E-state index contributed by atoms with van der Waals surface area (Å²) in [7, 11) is 1.99. The molecule has 1 saturated heterocycles. The number of nitrogens with one attached hydrogen (secondary N) is 1. The Morgan fingerprint density at radius 3 is 3.19 bits per heavy atom. The Morgan fingerprint density at radius 1 is 1.62 bits per heavy atom. The predicted molar refractivity (Wildman–Crippen MR) is 64.6 cm³/mol. The minimum atomic E-state index is 0.657. The lowest BCUT2D eigenvalue weighted by molar-refractivity contribution is 0.187. The average molecular weight is 223 g/mol. The van der Waals surface area contributed by atoms with Crippen molar-refractivity contribution in [1.29, 1.82) is 0 Å². The molecule has 0 radical (unpaired) electrons. The molecule has 1 atom stereocenters. The van der Waals surface area contributed by atoms with Crippen molar-refractivity contribution in [3.8, 4) is 0 Å². The van der Waals surface area contributed by atoms with Gasteiger partial charge in [0.2, 0.25) is 0 Å². The van der Waals surface area contributed by atoms with Gasteiger partial charge >= 0.3 is 0 Å². The highest BCUT2D eigenvalue weighted by Gasteiger charge is 2.15. The van der Waals surface area contributed by atoms with Gasteiger partial charge in [-0.05, 0) is 12.8 Å². The van der Waals surface area contributed by atoms with E-state index in [2.05, 4.69) is 23.4 Å². The molecule has 1 N–H and O–H groups in total. The molecule has 1 aromatic rings. The summed E-state index contributed by atoms with van der Waals surface area (Å²) in [5.41, 5.74) is 1.18. The van der Waals surface area contributed by atoms with Crippen LogP contribution in [0.3, 0.4) is 0 Å². The maximum Gasteiger partial charge on any atom is 0.124 e. The van der Waals surface area contributed by atoms with Gasteiger partial charge in [0.15, 0.2) is 0 Å². The summed E-state index contributed by atoms with van der Waals surface area (Å²) in [5, 5.41) is 7.92. The highest BCUT2D eigenvalue weighted by molar-refractivity contribution is 5.37. The Kier molecular flexibility index (Phi) is 3.83. The molecule has 4 nitrogen and oxygen atoms in total. The molecule has 16 heavy (non-hydrogen) atoms. The first-order valence-electron chi connectivity index (χ1n) is 6.14. The number of nitrogens with zero attached hydrogens (tertiary/aromatic N) is 2. The quantitative estimate of drug-likeness (QED) is 0.827. The molecule has 1 aliphatic rings. The van der Waals surface area contributed by atoms with Crippen molar-refractivity contribution < 1.29 is 4.74 Å². The van der Waals surface area contributed by atoms with E-state index in [0.29, 0.717) is 5.92 Å². The number of hydrogen-bond acceptors (Lipinski definition) is 3. The van der Waals surface area contributed by atoms with E-state index < -0.39 is 0 Å². The van der Waals surface area contributed by atoms with Crippen molar-refractivity contribution in [2.45, 2.75) is 26.2 Å². The molecule has 0 spiro atoms. The number of aromatic nitrogens is 2. The minimum Gasteiger partial charge on any atom is -0.381 e. The van der Waals surface area contributed by atoms with Crippen LogP contribution in [0.1, 0.15) is 25.5 Å². The van der Waals surface area contributed by atoms with E-state index in [1.54, 1.807) is 0 Å². The van der Waals surface area contributed by atoms with E-state index in [0.717, 1.165) is 38.4 Å². The second kappa shape index (κ2) is 5.34. The summed E-state index contributed by atoms with van der Waals surface area (Å²) in [5.74, 6) is 1.78. The monoisotopic (exact) mass is 223 g/mol. The van der Waals surface area contributed by atoms with E-state index in [1.165, 1.54) is 12.1 Å². The summed E-state index contributed by atoms with van der Waals surface area (Å²) in [4.78, 5) is 0. The standard InChI is InChI=1S/C12H21N3O/c1-3-4-11-7-12(15(2)14-11)13-8-10-5-6-16-9-10/h7,10,13H,3-6,8-9H2,1-2H3. The normalized spacial score (nSPS) is 20.2. The van der Waals surface area contributed by atoms with Gasteiger partial charge in [-0.2, -0.15) is 5.10 Å². The van der Waals surface area contributed by atoms with Crippen LogP contribution in [-0.4, -0.2) is 29.5 Å². The molecule has 1 fully saturated rings. The van der Waals surface area contributed by atoms with Gasteiger partial charge in [0.1, 0.15) is 5.82 Å². The van der Waals surface area contributed by atoms with Gasteiger partial charge in [-0.3, -0.25) is 4.68 Å². The fourth-order valence-corrected chi connectivity index (χ4v) is 2.06. The highest BCUT2D eigenvalue weighted by Crippen LogP contribution is 2.15. The number of rotatable bonds is 5. The molecule has 2 heterocycles. The minimum absolute atomic E-state index is 0.657. The van der Waals surface area contributed by atoms with Gasteiger partial charge in [0.25, 0.3) is 0 Å². The Bertz CT molecular complexity index is 329. The number of aryl methyl sites for hydroxylation is 2. The molecule has 0 aromatic carbocycles. The Morgan fingerprint density at radius 2 is 2.50 bits per heavy atom. The topological polar surface area (TPSA) is 39.1 Å². The van der Waals surface area contributed by atoms with Crippen molar-refractivity contribution in [3.63, 3.8) is 0 Å². The van der Waals surface area contributed by atoms with Gasteiger partial charge < -0.3 is 10.1 Å². The van der Waals surface area contributed by atoms with Crippen LogP contribution in [0.5, 0.6) is 0 Å². The second-order valence-electron chi connectivity index (χ2n) is 4.51. The van der Waals surface area contributed by atoms with Gasteiger partial charge in [-0.15, -0.1) is 0 Å². The largest absolute Gasteiger partial charge is 0.381 e. The van der Waals surface area contributed by atoms with E-state index in [-0.39, 0.29) is 0 Å². The maximum absolute atomic E-state index is 5.36. The van der Waals surface area contributed by atoms with Crippen molar-refractivity contribution in [2.24, 2.45) is 13.0 Å². The first-order chi connectivity index (χ1) is 7.79. The van der Waals surface area contributed by atoms with Gasteiger partial charge in [0, 0.05) is 32.2 Å². The number of anilines is 1. The molecule has 0 aliphatic carbocycles. The molecule has 0 amide bonds. The van der Waals surface area contributed by atoms with Gasteiger partial charge in [-0.25, -0.2) is 0 Å². The summed E-state index contributed by atoms with van der Waals surface area (Å²) < 4.78 is 7.29. The fourth-order valence-electron chi connectivity index (χ4n) is 2.06. The zero-order valence-corrected chi connectivity index (χ0v) is 10.2. The molecule has 0 saturated carbocycles. The predicted octanol–water partition coefficient (Wildman–Crippen LogP) is 1.82. The molecule has 0 bridgehead atoms. The summed E-state index contributed by atoms with van der Waals surface area (Å²) in [6.07, 6.45) is 3.38. The van der Waals surface area contributed by atoms with Gasteiger partial charge in [0.05, 0.1) is 12.3 Å². The SMILES string of the molecule is CCCc1cc(NCC2CCOC2)n(C)n1. The summed E-state index contributed by atoms with van der Waals surface area (Å²) >= 11 is 0. The van der Waals surface area contributed by atoms with Crippen molar-refractivity contribution in [3.05, 3.63) is 11.8 Å². The zero-order valence-electron chi connectivity index (χ0n) is 10.2. The van der Waals surface area contributed by atoms with Gasteiger partial charge in [-0.1, -0.05) is 13.3 Å². The molecule has 1 unspecified atom stereocenters. The van der Waals surface area contributed by atoms with Crippen molar-refractivity contribution in [2.75, 3.05) is 25.1 Å². The molecule has 4 heteroatoms. The molecule has 90 valence electrons. The van der Waals surface area contributed by atoms with Crippen LogP contribution >= 0.6 is 0 Å². The third kappa shape index (κ3) is 2.76. The van der Waals surface area contributed by atoms with Crippen LogP contribution in [0.25, 0.3) is 0 Å². The van der Waals surface area contributed by atoms with Crippen LogP contribution in [0.2, 0.25) is 0 Å². The van der Waals surface area contributed by atoms with Crippen LogP contribution in [-0.2, 0) is 18.2 Å². The van der Waals surface area contributed by atoms with Crippen LogP contribution in [0.4, 0.5) is 5.82 Å². The van der Waals surface area contributed by atoms with E-state index in [9.17, 15) is 0 Å². The molecular weight excluding hydrogens is 202 g/mol. The van der Waals surface area contributed by atoms with Crippen molar-refractivity contribution >= 4 is 5.82 Å². The molecule has 2 rings (SSSR count). The summed E-state index contributed by atoms with van der Waals surface area (Å²) in [6.45, 7) is 4.98. The third-order valence-corrected chi connectivity index (χ3v) is 3.03. The number of ether oxygens (including phenoxy) is 1. The average Bonchev–Trinajstić information content (AvgIpc) is 2.86. The van der Waals surface area contributed by atoms with E-state index in [4.69, 9.17) is 4.74 Å². The van der Waals surface area contributed by atoms with Crippen LogP contribution < -0.4 is 5.32 Å². The Balaban J connectivity index is 1.87. The van der Waals surface area contributed by atoms with Crippen molar-refractivity contribution in [1.82, 2.24) is 9.78 Å². The zero-order chi connectivity index (χ0) is 11.4. The molecular formula is C12H21N3O. The lowest BCUT2D eigenvalue weighted by Gasteiger charge is -2.10. The number of hydrogen-bond donors (Lipinski definition) is 1. The van der Waals surface area contributed by atoms with Crippen LogP contribution in [0, 0.1) is 5.92 Å². The van der Waals surface area contributed by atoms with Crippen LogP contribution in [0.15, 0.2) is 6.07 Å². The lowest BCUT2D eigenvalue weighted by atomic mass is 10.1. The fraction of sp³-hybridized carbons (Fsp3) is 0.750. The lowest BCUT2D eigenvalue weighted by Crippen LogP contribution is -2.15. The van der Waals surface area contributed by atoms with E-state index in [1.807, 2.05) is 11.7 Å². The second-order valence-corrected chi connectivity index (χ2v) is 4.51. The summed E-state index contributed by atoms with van der Waals surface area (Å²) in [6, 6.07) is 2.15. The Labute approximate surface area is 97.0 Å². The Hall–Kier alpha value is -1.03. The van der Waals surface area contributed by atoms with E-state index >= 15 is 0 Å². The molecule has 1 aliphatic heterocycles. The maximum atomic E-state index is 5.36. The molecule has 1 aromatic heterocycles. The highest BCUT2D eigenvalue weighted by atomic mass is 16.5. The smallest absolute Gasteiger partial charge is 0.124 e. The third-order valence-electron chi connectivity index (χ3n) is 3.03.